The largest absolute Gasteiger partial charge is 0.373 e. The second-order valence-corrected chi connectivity index (χ2v) is 5.19. The Balaban J connectivity index is 1.71. The summed E-state index contributed by atoms with van der Waals surface area (Å²) in [5.74, 6) is -0.205. The van der Waals surface area contributed by atoms with E-state index in [1.54, 1.807) is 13.0 Å². The summed E-state index contributed by atoms with van der Waals surface area (Å²) >= 11 is 5.75. The number of fused-ring (bicyclic) bond motifs is 2. The number of aromatic nitrogens is 2. The summed E-state index contributed by atoms with van der Waals surface area (Å²) in [4.78, 5) is 19.9. The van der Waals surface area contributed by atoms with Crippen LogP contribution in [0.5, 0.6) is 0 Å². The van der Waals surface area contributed by atoms with Crippen molar-refractivity contribution in [3.8, 4) is 0 Å². The molecule has 3 unspecified atom stereocenters. The highest BCUT2D eigenvalue weighted by molar-refractivity contribution is 6.28. The minimum absolute atomic E-state index is 0.101. The third-order valence-corrected chi connectivity index (χ3v) is 3.65. The van der Waals surface area contributed by atoms with Gasteiger partial charge in [0.05, 0.1) is 18.2 Å². The molecular weight excluding hydrogens is 254 g/mol. The maximum atomic E-state index is 12.1. The van der Waals surface area contributed by atoms with Gasteiger partial charge in [-0.25, -0.2) is 9.97 Å². The van der Waals surface area contributed by atoms with Crippen molar-refractivity contribution in [2.24, 2.45) is 0 Å². The fourth-order valence-corrected chi connectivity index (χ4v) is 2.91. The first-order chi connectivity index (χ1) is 8.61. The van der Waals surface area contributed by atoms with Crippen LogP contribution in [0.3, 0.4) is 0 Å². The van der Waals surface area contributed by atoms with Crippen LogP contribution in [0.4, 0.5) is 0 Å². The van der Waals surface area contributed by atoms with Crippen LogP contribution in [0.2, 0.25) is 5.28 Å². The monoisotopic (exact) mass is 267 g/mol. The highest BCUT2D eigenvalue weighted by Gasteiger charge is 2.41. The molecule has 2 bridgehead atoms. The number of halogens is 1. The molecule has 2 fully saturated rings. The lowest BCUT2D eigenvalue weighted by molar-refractivity contribution is 0.0837. The van der Waals surface area contributed by atoms with E-state index in [0.717, 1.165) is 19.3 Å². The second kappa shape index (κ2) is 4.48. The molecule has 0 aromatic carbocycles. The van der Waals surface area contributed by atoms with Gasteiger partial charge in [-0.1, -0.05) is 0 Å². The van der Waals surface area contributed by atoms with Gasteiger partial charge in [-0.3, -0.25) is 4.79 Å². The molecule has 3 heterocycles. The number of nitrogens with one attached hydrogen (secondary N) is 1. The zero-order valence-electron chi connectivity index (χ0n) is 10.0. The van der Waals surface area contributed by atoms with E-state index < -0.39 is 0 Å². The average molecular weight is 268 g/mol. The van der Waals surface area contributed by atoms with Crippen LogP contribution in [0.15, 0.2) is 6.07 Å². The van der Waals surface area contributed by atoms with Crippen LogP contribution >= 0.6 is 11.6 Å². The van der Waals surface area contributed by atoms with Crippen molar-refractivity contribution in [1.29, 1.82) is 0 Å². The highest BCUT2D eigenvalue weighted by Crippen LogP contribution is 2.34. The number of nitrogens with zero attached hydrogens (tertiary/aromatic N) is 2. The summed E-state index contributed by atoms with van der Waals surface area (Å²) in [6.07, 6.45) is 3.51. The van der Waals surface area contributed by atoms with Gasteiger partial charge < -0.3 is 10.1 Å². The summed E-state index contributed by atoms with van der Waals surface area (Å²) in [6, 6.07) is 1.74. The molecule has 5 nitrogen and oxygen atoms in total. The lowest BCUT2D eigenvalue weighted by Crippen LogP contribution is -2.41. The Morgan fingerprint density at radius 2 is 2.33 bits per heavy atom. The molecule has 0 saturated carbocycles. The Labute approximate surface area is 110 Å². The van der Waals surface area contributed by atoms with Crippen molar-refractivity contribution in [3.63, 3.8) is 0 Å². The van der Waals surface area contributed by atoms with Crippen molar-refractivity contribution < 1.29 is 9.53 Å². The van der Waals surface area contributed by atoms with Gasteiger partial charge in [0.1, 0.15) is 5.69 Å². The van der Waals surface area contributed by atoms with Gasteiger partial charge >= 0.3 is 0 Å². The van der Waals surface area contributed by atoms with E-state index in [1.807, 2.05) is 0 Å². The Kier molecular flexibility index (Phi) is 2.95. The lowest BCUT2D eigenvalue weighted by atomic mass is 9.95. The van der Waals surface area contributed by atoms with Gasteiger partial charge in [0.2, 0.25) is 5.28 Å². The lowest BCUT2D eigenvalue weighted by Gasteiger charge is -2.19. The molecule has 2 aliphatic rings. The molecule has 0 spiro atoms. The quantitative estimate of drug-likeness (QED) is 0.825. The zero-order chi connectivity index (χ0) is 12.7. The molecule has 1 aromatic rings. The van der Waals surface area contributed by atoms with E-state index in [1.165, 1.54) is 0 Å². The summed E-state index contributed by atoms with van der Waals surface area (Å²) in [5.41, 5.74) is 1.000. The molecule has 1 amide bonds. The Morgan fingerprint density at radius 3 is 2.94 bits per heavy atom. The van der Waals surface area contributed by atoms with Crippen molar-refractivity contribution in [2.45, 2.75) is 44.4 Å². The minimum atomic E-state index is -0.205. The Hall–Kier alpha value is -1.20. The van der Waals surface area contributed by atoms with Crippen molar-refractivity contribution in [1.82, 2.24) is 15.3 Å². The molecule has 3 atom stereocenters. The number of hydrogen-bond donors (Lipinski definition) is 1. The first-order valence-corrected chi connectivity index (χ1v) is 6.47. The molecule has 6 heteroatoms. The van der Waals surface area contributed by atoms with E-state index >= 15 is 0 Å². The predicted octanol–water partition coefficient (Wildman–Crippen LogP) is 1.49. The molecule has 2 aliphatic heterocycles. The van der Waals surface area contributed by atoms with Crippen LogP contribution in [-0.2, 0) is 4.74 Å². The average Bonchev–Trinajstić information content (AvgIpc) is 2.89. The molecule has 96 valence electrons. The van der Waals surface area contributed by atoms with Crippen molar-refractivity contribution in [3.05, 3.63) is 22.7 Å². The van der Waals surface area contributed by atoms with E-state index in [2.05, 4.69) is 15.3 Å². The zero-order valence-corrected chi connectivity index (χ0v) is 10.8. The van der Waals surface area contributed by atoms with Crippen LogP contribution in [0, 0.1) is 6.92 Å². The van der Waals surface area contributed by atoms with Gasteiger partial charge in [-0.15, -0.1) is 0 Å². The van der Waals surface area contributed by atoms with Crippen molar-refractivity contribution >= 4 is 17.5 Å². The van der Waals surface area contributed by atoms with Gasteiger partial charge in [-0.2, -0.15) is 0 Å². The SMILES string of the molecule is Cc1cc(C(=O)NC2CC3CCC2O3)nc(Cl)n1. The number of carbonyl (C=O) groups is 1. The number of hydrogen-bond acceptors (Lipinski definition) is 4. The topological polar surface area (TPSA) is 64.1 Å². The molecule has 18 heavy (non-hydrogen) atoms. The molecule has 1 aromatic heterocycles. The van der Waals surface area contributed by atoms with Gasteiger partial charge in [-0.05, 0) is 43.9 Å². The number of amides is 1. The summed E-state index contributed by atoms with van der Waals surface area (Å²) in [5, 5.41) is 3.07. The predicted molar refractivity (Wildman–Crippen MR) is 65.5 cm³/mol. The van der Waals surface area contributed by atoms with E-state index in [4.69, 9.17) is 16.3 Å². The van der Waals surface area contributed by atoms with Gasteiger partial charge in [0.15, 0.2) is 0 Å². The third kappa shape index (κ3) is 2.20. The van der Waals surface area contributed by atoms with Gasteiger partial charge in [0.25, 0.3) is 5.91 Å². The first kappa shape index (κ1) is 11.9. The highest BCUT2D eigenvalue weighted by atomic mass is 35.5. The molecule has 0 radical (unpaired) electrons. The third-order valence-electron chi connectivity index (χ3n) is 3.48. The fourth-order valence-electron chi connectivity index (χ4n) is 2.68. The van der Waals surface area contributed by atoms with E-state index in [-0.39, 0.29) is 23.3 Å². The number of ether oxygens (including phenoxy) is 1. The Morgan fingerprint density at radius 1 is 1.50 bits per heavy atom. The number of aryl methyl sites for hydroxylation is 1. The van der Waals surface area contributed by atoms with Crippen LogP contribution in [-0.4, -0.2) is 34.1 Å². The second-order valence-electron chi connectivity index (χ2n) is 4.85. The van der Waals surface area contributed by atoms with Gasteiger partial charge in [0, 0.05) is 5.69 Å². The smallest absolute Gasteiger partial charge is 0.270 e. The van der Waals surface area contributed by atoms with Crippen molar-refractivity contribution in [2.75, 3.05) is 0 Å². The van der Waals surface area contributed by atoms with E-state index in [9.17, 15) is 4.79 Å². The summed E-state index contributed by atoms with van der Waals surface area (Å²) < 4.78 is 5.70. The normalized spacial score (nSPS) is 29.6. The number of carbonyl (C=O) groups excluding carboxylic acids is 1. The standard InChI is InChI=1S/C12H14ClN3O2/c1-6-4-9(16-12(13)14-6)11(17)15-8-5-7-2-3-10(8)18-7/h4,7-8,10H,2-3,5H2,1H3,(H,15,17). The molecule has 1 N–H and O–H groups in total. The Bertz CT molecular complexity index is 474. The van der Waals surface area contributed by atoms with Crippen LogP contribution in [0.25, 0.3) is 0 Å². The minimum Gasteiger partial charge on any atom is -0.373 e. The summed E-state index contributed by atoms with van der Waals surface area (Å²) in [6.45, 7) is 1.78. The number of rotatable bonds is 2. The molecule has 3 rings (SSSR count). The van der Waals surface area contributed by atoms with Crippen LogP contribution < -0.4 is 5.32 Å². The van der Waals surface area contributed by atoms with E-state index in [0.29, 0.717) is 17.5 Å². The summed E-state index contributed by atoms with van der Waals surface area (Å²) in [7, 11) is 0. The van der Waals surface area contributed by atoms with Crippen LogP contribution in [0.1, 0.15) is 35.4 Å². The molecule has 0 aliphatic carbocycles. The maximum absolute atomic E-state index is 12.1. The molecule has 2 saturated heterocycles. The molecular formula is C12H14ClN3O2. The first-order valence-electron chi connectivity index (χ1n) is 6.09. The fraction of sp³-hybridized carbons (Fsp3) is 0.583. The maximum Gasteiger partial charge on any atom is 0.270 e.